The smallest absolute Gasteiger partial charge is 0.239 e. The van der Waals surface area contributed by atoms with Crippen LogP contribution in [0.3, 0.4) is 0 Å². The number of thiophene rings is 1. The van der Waals surface area contributed by atoms with Gasteiger partial charge in [-0.3, -0.25) is 20.1 Å². The molecule has 8 heteroatoms. The SMILES string of the molecule is CN1C(=N)N[C@](C)(c2cc(-c3cnc4ccccc4n3)cs2)[C@H](c2ccc3occc3c2)C1=O. The zero-order valence-corrected chi connectivity index (χ0v) is 19.4. The second-order valence-corrected chi connectivity index (χ2v) is 9.58. The van der Waals surface area contributed by atoms with Crippen molar-refractivity contribution in [2.75, 3.05) is 7.05 Å². The molecule has 0 bridgehead atoms. The van der Waals surface area contributed by atoms with Crippen LogP contribution in [0.5, 0.6) is 0 Å². The zero-order valence-electron chi connectivity index (χ0n) is 18.6. The molecule has 1 saturated heterocycles. The third kappa shape index (κ3) is 3.10. The van der Waals surface area contributed by atoms with Crippen molar-refractivity contribution in [1.82, 2.24) is 20.2 Å². The Balaban J connectivity index is 1.46. The van der Waals surface area contributed by atoms with Gasteiger partial charge in [0.25, 0.3) is 0 Å². The summed E-state index contributed by atoms with van der Waals surface area (Å²) < 4.78 is 5.49. The van der Waals surface area contributed by atoms with Crippen molar-refractivity contribution in [3.05, 3.63) is 82.9 Å². The topological polar surface area (TPSA) is 95.1 Å². The number of rotatable bonds is 3. The maximum absolute atomic E-state index is 13.5. The molecule has 7 nitrogen and oxygen atoms in total. The second kappa shape index (κ2) is 7.50. The molecule has 2 atom stereocenters. The zero-order chi connectivity index (χ0) is 23.4. The number of nitrogens with one attached hydrogen (secondary N) is 2. The van der Waals surface area contributed by atoms with Crippen molar-refractivity contribution >= 4 is 45.2 Å². The number of guanidine groups is 1. The van der Waals surface area contributed by atoms with Gasteiger partial charge in [-0.25, -0.2) is 4.98 Å². The van der Waals surface area contributed by atoms with Crippen molar-refractivity contribution in [2.45, 2.75) is 18.4 Å². The van der Waals surface area contributed by atoms with Crippen LogP contribution in [0.25, 0.3) is 33.3 Å². The molecule has 0 spiro atoms. The monoisotopic (exact) mass is 467 g/mol. The van der Waals surface area contributed by atoms with Crippen LogP contribution in [0.4, 0.5) is 0 Å². The first-order valence-corrected chi connectivity index (χ1v) is 11.7. The number of hydrogen-bond donors (Lipinski definition) is 2. The number of benzene rings is 2. The van der Waals surface area contributed by atoms with Gasteiger partial charge in [0, 0.05) is 28.3 Å². The first kappa shape index (κ1) is 20.6. The van der Waals surface area contributed by atoms with Gasteiger partial charge in [0.2, 0.25) is 5.91 Å². The van der Waals surface area contributed by atoms with Gasteiger partial charge in [-0.05, 0) is 48.9 Å². The molecule has 2 aromatic carbocycles. The Labute approximate surface area is 199 Å². The molecule has 1 aliphatic rings. The van der Waals surface area contributed by atoms with Crippen molar-refractivity contribution < 1.29 is 9.21 Å². The van der Waals surface area contributed by atoms with Gasteiger partial charge in [-0.2, -0.15) is 0 Å². The Morgan fingerprint density at radius 2 is 1.97 bits per heavy atom. The predicted molar refractivity (Wildman–Crippen MR) is 133 cm³/mol. The molecular formula is C26H21N5O2S. The summed E-state index contributed by atoms with van der Waals surface area (Å²) in [5.41, 5.74) is 4.22. The van der Waals surface area contributed by atoms with Gasteiger partial charge < -0.3 is 9.73 Å². The van der Waals surface area contributed by atoms with E-state index in [4.69, 9.17) is 14.8 Å². The molecule has 3 aromatic heterocycles. The Morgan fingerprint density at radius 1 is 1.15 bits per heavy atom. The lowest BCUT2D eigenvalue weighted by molar-refractivity contribution is -0.131. The number of fused-ring (bicyclic) bond motifs is 2. The lowest BCUT2D eigenvalue weighted by Gasteiger charge is -2.45. The highest BCUT2D eigenvalue weighted by atomic mass is 32.1. The number of carbonyl (C=O) groups is 1. The minimum absolute atomic E-state index is 0.0774. The molecule has 1 fully saturated rings. The summed E-state index contributed by atoms with van der Waals surface area (Å²) in [6, 6.07) is 17.5. The number of likely N-dealkylation sites (N-methyl/N-ethyl adjacent to an activating group) is 1. The molecule has 0 radical (unpaired) electrons. The van der Waals surface area contributed by atoms with Gasteiger partial charge in [0.05, 0.1) is 40.6 Å². The fourth-order valence-electron chi connectivity index (χ4n) is 4.64. The van der Waals surface area contributed by atoms with Gasteiger partial charge in [0.15, 0.2) is 5.96 Å². The predicted octanol–water partition coefficient (Wildman–Crippen LogP) is 5.10. The van der Waals surface area contributed by atoms with Crippen LogP contribution in [0.2, 0.25) is 0 Å². The van der Waals surface area contributed by atoms with Gasteiger partial charge >= 0.3 is 0 Å². The average molecular weight is 468 g/mol. The summed E-state index contributed by atoms with van der Waals surface area (Å²) in [5.74, 6) is -0.580. The molecule has 5 aromatic rings. The van der Waals surface area contributed by atoms with Crippen LogP contribution in [-0.2, 0) is 10.3 Å². The van der Waals surface area contributed by atoms with E-state index in [0.717, 1.165) is 43.7 Å². The number of furan rings is 1. The summed E-state index contributed by atoms with van der Waals surface area (Å²) in [6.45, 7) is 1.98. The van der Waals surface area contributed by atoms with E-state index in [2.05, 4.69) is 10.3 Å². The molecule has 0 aliphatic carbocycles. The third-order valence-electron chi connectivity index (χ3n) is 6.53. The molecule has 1 aliphatic heterocycles. The summed E-state index contributed by atoms with van der Waals surface area (Å²) in [7, 11) is 1.63. The van der Waals surface area contributed by atoms with E-state index in [0.29, 0.717) is 0 Å². The normalized spacial score (nSPS) is 20.8. The molecule has 0 saturated carbocycles. The highest BCUT2D eigenvalue weighted by Gasteiger charge is 2.49. The van der Waals surface area contributed by atoms with E-state index < -0.39 is 11.5 Å². The van der Waals surface area contributed by atoms with Crippen molar-refractivity contribution in [1.29, 1.82) is 5.41 Å². The van der Waals surface area contributed by atoms with Crippen molar-refractivity contribution in [3.8, 4) is 11.3 Å². The highest BCUT2D eigenvalue weighted by Crippen LogP contribution is 2.44. The van der Waals surface area contributed by atoms with Crippen molar-refractivity contribution in [2.24, 2.45) is 0 Å². The van der Waals surface area contributed by atoms with Gasteiger partial charge in [-0.15, -0.1) is 11.3 Å². The largest absolute Gasteiger partial charge is 0.464 e. The lowest BCUT2D eigenvalue weighted by Crippen LogP contribution is -2.62. The van der Waals surface area contributed by atoms with Crippen molar-refractivity contribution in [3.63, 3.8) is 0 Å². The molecule has 2 N–H and O–H groups in total. The van der Waals surface area contributed by atoms with Crippen LogP contribution >= 0.6 is 11.3 Å². The number of nitrogens with zero attached hydrogens (tertiary/aromatic N) is 3. The molecular weight excluding hydrogens is 446 g/mol. The summed E-state index contributed by atoms with van der Waals surface area (Å²) in [5, 5.41) is 14.7. The minimum atomic E-state index is -0.814. The van der Waals surface area contributed by atoms with Gasteiger partial charge in [-0.1, -0.05) is 18.2 Å². The van der Waals surface area contributed by atoms with Gasteiger partial charge in [0.1, 0.15) is 5.58 Å². The Morgan fingerprint density at radius 3 is 2.82 bits per heavy atom. The van der Waals surface area contributed by atoms with Crippen LogP contribution < -0.4 is 5.32 Å². The number of carbonyl (C=O) groups excluding carboxylic acids is 1. The molecule has 6 rings (SSSR count). The quantitative estimate of drug-likeness (QED) is 0.385. The maximum atomic E-state index is 13.5. The van der Waals surface area contributed by atoms with E-state index in [1.54, 1.807) is 30.8 Å². The van der Waals surface area contributed by atoms with E-state index in [-0.39, 0.29) is 11.9 Å². The summed E-state index contributed by atoms with van der Waals surface area (Å²) in [6.07, 6.45) is 3.42. The third-order valence-corrected chi connectivity index (χ3v) is 7.70. The first-order valence-electron chi connectivity index (χ1n) is 10.9. The van der Waals surface area contributed by atoms with Crippen LogP contribution in [-0.4, -0.2) is 33.8 Å². The van der Waals surface area contributed by atoms with Crippen LogP contribution in [0.1, 0.15) is 23.3 Å². The maximum Gasteiger partial charge on any atom is 0.239 e. The molecule has 34 heavy (non-hydrogen) atoms. The van der Waals surface area contributed by atoms with E-state index in [1.165, 1.54) is 4.90 Å². The number of amides is 1. The van der Waals surface area contributed by atoms with Crippen LogP contribution in [0.15, 0.2) is 76.9 Å². The fraction of sp³-hybridized carbons (Fsp3) is 0.154. The molecule has 0 unspecified atom stereocenters. The molecule has 168 valence electrons. The summed E-state index contributed by atoms with van der Waals surface area (Å²) in [4.78, 5) is 25.2. The summed E-state index contributed by atoms with van der Waals surface area (Å²) >= 11 is 1.55. The molecule has 1 amide bonds. The van der Waals surface area contributed by atoms with E-state index in [1.807, 2.05) is 66.9 Å². The van der Waals surface area contributed by atoms with E-state index in [9.17, 15) is 4.79 Å². The Kier molecular flexibility index (Phi) is 4.53. The Hall–Kier alpha value is -4.04. The number of hydrogen-bond acceptors (Lipinski definition) is 6. The number of para-hydroxylation sites is 2. The first-order chi connectivity index (χ1) is 16.4. The number of aromatic nitrogens is 2. The fourth-order valence-corrected chi connectivity index (χ4v) is 5.69. The standard InChI is InChI=1S/C26H21N5O2S/c1-26(22-12-17(14-34-22)20-13-28-18-5-3-4-6-19(18)29-20)23(24(32)31(2)25(27)30-26)16-7-8-21-15(11-16)9-10-33-21/h3-14,23H,1-2H3,(H2,27,30)/t23-,26-/m1/s1. The van der Waals surface area contributed by atoms with Crippen LogP contribution in [0, 0.1) is 5.41 Å². The molecule has 4 heterocycles. The minimum Gasteiger partial charge on any atom is -0.464 e. The second-order valence-electron chi connectivity index (χ2n) is 8.67. The lowest BCUT2D eigenvalue weighted by atomic mass is 9.76. The van der Waals surface area contributed by atoms with E-state index >= 15 is 0 Å². The Bertz CT molecular complexity index is 1590. The highest BCUT2D eigenvalue weighted by molar-refractivity contribution is 7.10. The average Bonchev–Trinajstić information content (AvgIpc) is 3.52.